The number of piperazine rings is 1. The SMILES string of the molecule is O=C(CSC1CCCCC1)N1CCN(S(=O)(=O)c2ccc(F)c(Cl)c2)CC1. The van der Waals surface area contributed by atoms with Crippen LogP contribution in [0, 0.1) is 5.82 Å². The minimum atomic E-state index is -3.74. The van der Waals surface area contributed by atoms with E-state index in [1.54, 1.807) is 16.7 Å². The Hall–Kier alpha value is -0.830. The highest BCUT2D eigenvalue weighted by Gasteiger charge is 2.30. The fourth-order valence-corrected chi connectivity index (χ4v) is 6.40. The van der Waals surface area contributed by atoms with E-state index in [9.17, 15) is 17.6 Å². The van der Waals surface area contributed by atoms with Gasteiger partial charge in [-0.25, -0.2) is 12.8 Å². The fraction of sp³-hybridized carbons (Fsp3) is 0.611. The molecule has 1 saturated heterocycles. The van der Waals surface area contributed by atoms with Gasteiger partial charge in [-0.1, -0.05) is 30.9 Å². The van der Waals surface area contributed by atoms with Gasteiger partial charge in [-0.15, -0.1) is 11.8 Å². The van der Waals surface area contributed by atoms with E-state index in [1.165, 1.54) is 42.5 Å². The van der Waals surface area contributed by atoms with Gasteiger partial charge in [0, 0.05) is 31.4 Å². The van der Waals surface area contributed by atoms with Crippen LogP contribution in [0.4, 0.5) is 4.39 Å². The van der Waals surface area contributed by atoms with Crippen molar-refractivity contribution in [2.75, 3.05) is 31.9 Å². The summed E-state index contributed by atoms with van der Waals surface area (Å²) in [7, 11) is -3.74. The van der Waals surface area contributed by atoms with Crippen molar-refractivity contribution < 1.29 is 17.6 Å². The first-order valence-electron chi connectivity index (χ1n) is 9.22. The zero-order valence-corrected chi connectivity index (χ0v) is 17.5. The van der Waals surface area contributed by atoms with Gasteiger partial charge in [-0.2, -0.15) is 4.31 Å². The summed E-state index contributed by atoms with van der Waals surface area (Å²) in [5.41, 5.74) is 0. The molecule has 9 heteroatoms. The molecule has 2 fully saturated rings. The summed E-state index contributed by atoms with van der Waals surface area (Å²) < 4.78 is 40.0. The summed E-state index contributed by atoms with van der Waals surface area (Å²) in [6, 6.07) is 3.40. The molecule has 1 aromatic rings. The highest BCUT2D eigenvalue weighted by molar-refractivity contribution is 8.00. The number of amides is 1. The van der Waals surface area contributed by atoms with Gasteiger partial charge in [-0.05, 0) is 31.0 Å². The molecule has 0 spiro atoms. The molecule has 1 amide bonds. The number of nitrogens with zero attached hydrogens (tertiary/aromatic N) is 2. The predicted octanol–water partition coefficient (Wildman–Crippen LogP) is 3.38. The van der Waals surface area contributed by atoms with Gasteiger partial charge in [0.25, 0.3) is 0 Å². The molecule has 1 aromatic carbocycles. The monoisotopic (exact) mass is 434 g/mol. The molecule has 0 N–H and O–H groups in total. The van der Waals surface area contributed by atoms with Crippen molar-refractivity contribution in [1.82, 2.24) is 9.21 Å². The Morgan fingerprint density at radius 2 is 1.81 bits per heavy atom. The first-order chi connectivity index (χ1) is 12.9. The van der Waals surface area contributed by atoms with Crippen molar-refractivity contribution in [3.63, 3.8) is 0 Å². The van der Waals surface area contributed by atoms with Crippen LogP contribution < -0.4 is 0 Å². The van der Waals surface area contributed by atoms with Gasteiger partial charge >= 0.3 is 0 Å². The second-order valence-electron chi connectivity index (χ2n) is 6.93. The summed E-state index contributed by atoms with van der Waals surface area (Å²) in [4.78, 5) is 14.1. The Balaban J connectivity index is 1.53. The van der Waals surface area contributed by atoms with E-state index in [4.69, 9.17) is 11.6 Å². The second-order valence-corrected chi connectivity index (χ2v) is 10.6. The van der Waals surface area contributed by atoms with Gasteiger partial charge in [0.2, 0.25) is 15.9 Å². The van der Waals surface area contributed by atoms with Gasteiger partial charge in [0.05, 0.1) is 15.7 Å². The molecule has 0 radical (unpaired) electrons. The van der Waals surface area contributed by atoms with E-state index in [1.807, 2.05) is 0 Å². The molecule has 0 atom stereocenters. The largest absolute Gasteiger partial charge is 0.339 e. The number of thioether (sulfide) groups is 1. The minimum Gasteiger partial charge on any atom is -0.339 e. The molecule has 150 valence electrons. The quantitative estimate of drug-likeness (QED) is 0.712. The lowest BCUT2D eigenvalue weighted by atomic mass is 10.0. The number of carbonyl (C=O) groups excluding carboxylic acids is 1. The second kappa shape index (κ2) is 9.11. The third-order valence-electron chi connectivity index (χ3n) is 5.11. The van der Waals surface area contributed by atoms with Gasteiger partial charge in [0.1, 0.15) is 5.82 Å². The molecule has 1 saturated carbocycles. The highest BCUT2D eigenvalue weighted by Crippen LogP contribution is 2.28. The number of sulfonamides is 1. The van der Waals surface area contributed by atoms with Crippen LogP contribution in [0.2, 0.25) is 5.02 Å². The van der Waals surface area contributed by atoms with Crippen LogP contribution in [0.5, 0.6) is 0 Å². The normalized spacial score (nSPS) is 20.0. The Bertz CT molecular complexity index is 777. The van der Waals surface area contributed by atoms with E-state index < -0.39 is 15.8 Å². The zero-order valence-electron chi connectivity index (χ0n) is 15.1. The Labute approximate surface area is 169 Å². The first-order valence-corrected chi connectivity index (χ1v) is 12.1. The average molecular weight is 435 g/mol. The molecule has 0 unspecified atom stereocenters. The molecular weight excluding hydrogens is 411 g/mol. The third kappa shape index (κ3) is 5.16. The van der Waals surface area contributed by atoms with Crippen LogP contribution in [0.15, 0.2) is 23.1 Å². The number of hydrogen-bond acceptors (Lipinski definition) is 4. The van der Waals surface area contributed by atoms with E-state index in [0.29, 0.717) is 24.1 Å². The van der Waals surface area contributed by atoms with Crippen molar-refractivity contribution in [3.8, 4) is 0 Å². The topological polar surface area (TPSA) is 57.7 Å². The average Bonchev–Trinajstić information content (AvgIpc) is 2.69. The van der Waals surface area contributed by atoms with E-state index in [2.05, 4.69) is 0 Å². The maximum atomic E-state index is 13.3. The standard InChI is InChI=1S/C18H24ClFN2O3S2/c19-16-12-15(6-7-17(16)20)27(24,25)22-10-8-21(9-11-22)18(23)13-26-14-4-2-1-3-5-14/h6-7,12,14H,1-5,8-11,13H2. The number of carbonyl (C=O) groups is 1. The molecule has 5 nitrogen and oxygen atoms in total. The van der Waals surface area contributed by atoms with Gasteiger partial charge < -0.3 is 4.90 Å². The molecule has 2 aliphatic rings. The van der Waals surface area contributed by atoms with Crippen LogP contribution in [0.25, 0.3) is 0 Å². The molecule has 3 rings (SSSR count). The summed E-state index contributed by atoms with van der Waals surface area (Å²) >= 11 is 7.44. The third-order valence-corrected chi connectivity index (χ3v) is 8.66. The number of benzene rings is 1. The zero-order chi connectivity index (χ0) is 19.4. The van der Waals surface area contributed by atoms with Crippen molar-refractivity contribution in [1.29, 1.82) is 0 Å². The van der Waals surface area contributed by atoms with Gasteiger partial charge in [0.15, 0.2) is 0 Å². The smallest absolute Gasteiger partial charge is 0.243 e. The first kappa shape index (κ1) is 20.9. The van der Waals surface area contributed by atoms with Crippen molar-refractivity contribution in [2.45, 2.75) is 42.2 Å². The summed E-state index contributed by atoms with van der Waals surface area (Å²) in [6.45, 7) is 1.21. The molecule has 27 heavy (non-hydrogen) atoms. The highest BCUT2D eigenvalue weighted by atomic mass is 35.5. The molecule has 1 aliphatic carbocycles. The van der Waals surface area contributed by atoms with Crippen molar-refractivity contribution in [3.05, 3.63) is 29.0 Å². The van der Waals surface area contributed by atoms with E-state index >= 15 is 0 Å². The van der Waals surface area contributed by atoms with Crippen LogP contribution in [-0.4, -0.2) is 60.7 Å². The van der Waals surface area contributed by atoms with Crippen molar-refractivity contribution >= 4 is 39.3 Å². The number of hydrogen-bond donors (Lipinski definition) is 0. The van der Waals surface area contributed by atoms with Crippen LogP contribution in [0.1, 0.15) is 32.1 Å². The maximum absolute atomic E-state index is 13.3. The minimum absolute atomic E-state index is 0.0264. The maximum Gasteiger partial charge on any atom is 0.243 e. The summed E-state index contributed by atoms with van der Waals surface area (Å²) in [6.07, 6.45) is 6.15. The molecule has 0 bridgehead atoms. The fourth-order valence-electron chi connectivity index (χ4n) is 3.48. The number of rotatable bonds is 5. The van der Waals surface area contributed by atoms with Crippen molar-refractivity contribution in [2.24, 2.45) is 0 Å². The molecule has 1 heterocycles. The lowest BCUT2D eigenvalue weighted by Crippen LogP contribution is -2.51. The predicted molar refractivity (Wildman–Crippen MR) is 106 cm³/mol. The molecule has 0 aromatic heterocycles. The van der Waals surface area contributed by atoms with Crippen LogP contribution >= 0.6 is 23.4 Å². The summed E-state index contributed by atoms with van der Waals surface area (Å²) in [5.74, 6) is -0.112. The lowest BCUT2D eigenvalue weighted by Gasteiger charge is -2.34. The van der Waals surface area contributed by atoms with E-state index in [0.717, 1.165) is 12.1 Å². The Kier molecular flexibility index (Phi) is 7.05. The summed E-state index contributed by atoms with van der Waals surface area (Å²) in [5, 5.41) is 0.359. The Morgan fingerprint density at radius 3 is 2.44 bits per heavy atom. The number of halogens is 2. The van der Waals surface area contributed by atoms with E-state index in [-0.39, 0.29) is 28.9 Å². The molecular formula is C18H24ClFN2O3S2. The lowest BCUT2D eigenvalue weighted by molar-refractivity contribution is -0.129. The Morgan fingerprint density at radius 1 is 1.15 bits per heavy atom. The molecule has 1 aliphatic heterocycles. The van der Waals surface area contributed by atoms with Crippen LogP contribution in [-0.2, 0) is 14.8 Å². The van der Waals surface area contributed by atoms with Crippen LogP contribution in [0.3, 0.4) is 0 Å². The van der Waals surface area contributed by atoms with Gasteiger partial charge in [-0.3, -0.25) is 4.79 Å².